The third-order valence-corrected chi connectivity index (χ3v) is 3.24. The van der Waals surface area contributed by atoms with Gasteiger partial charge in [-0.2, -0.15) is 0 Å². The fourth-order valence-corrected chi connectivity index (χ4v) is 2.22. The molecular weight excluding hydrogens is 302 g/mol. The Morgan fingerprint density at radius 3 is 2.65 bits per heavy atom. The summed E-state index contributed by atoms with van der Waals surface area (Å²) in [6.07, 6.45) is 1.19. The van der Waals surface area contributed by atoms with Gasteiger partial charge in [-0.1, -0.05) is 29.3 Å². The third kappa shape index (κ3) is 5.21. The van der Waals surface area contributed by atoms with E-state index in [0.717, 1.165) is 30.2 Å². The zero-order valence-corrected chi connectivity index (χ0v) is 12.4. The van der Waals surface area contributed by atoms with Gasteiger partial charge in [-0.3, -0.25) is 0 Å². The van der Waals surface area contributed by atoms with Gasteiger partial charge in [0.2, 0.25) is 0 Å². The average Bonchev–Trinajstić information content (AvgIpc) is 2.69. The first-order chi connectivity index (χ1) is 7.25. The molecule has 0 radical (unpaired) electrons. The maximum Gasteiger partial charge on any atom is 0.0465 e. The van der Waals surface area contributed by atoms with Gasteiger partial charge < -0.3 is 10.6 Å². The van der Waals surface area contributed by atoms with Crippen molar-refractivity contribution in [2.45, 2.75) is 19.0 Å². The SMILES string of the molecule is Cl.Cl.Clc1ccc(CN[C@H]2CCNC2)c(Cl)c1. The molecular formula is C11H16Cl4N2. The van der Waals surface area contributed by atoms with Crippen molar-refractivity contribution < 1.29 is 0 Å². The van der Waals surface area contributed by atoms with Gasteiger partial charge in [0.05, 0.1) is 0 Å². The minimum absolute atomic E-state index is 0. The monoisotopic (exact) mass is 316 g/mol. The van der Waals surface area contributed by atoms with E-state index in [1.807, 2.05) is 12.1 Å². The summed E-state index contributed by atoms with van der Waals surface area (Å²) in [6.45, 7) is 2.96. The molecule has 0 aromatic heterocycles. The molecule has 1 aromatic carbocycles. The van der Waals surface area contributed by atoms with Crippen LogP contribution >= 0.6 is 48.0 Å². The molecule has 0 amide bonds. The first-order valence-corrected chi connectivity index (χ1v) is 5.89. The van der Waals surface area contributed by atoms with E-state index in [4.69, 9.17) is 23.2 Å². The largest absolute Gasteiger partial charge is 0.315 e. The molecule has 1 atom stereocenters. The second kappa shape index (κ2) is 8.41. The van der Waals surface area contributed by atoms with Gasteiger partial charge in [-0.05, 0) is 30.7 Å². The Morgan fingerprint density at radius 2 is 2.06 bits per heavy atom. The molecule has 1 aliphatic heterocycles. The Kier molecular flexibility index (Phi) is 8.56. The average molecular weight is 318 g/mol. The topological polar surface area (TPSA) is 24.1 Å². The van der Waals surface area contributed by atoms with E-state index in [1.165, 1.54) is 6.42 Å². The van der Waals surface area contributed by atoms with Crippen LogP contribution in [0.3, 0.4) is 0 Å². The van der Waals surface area contributed by atoms with Gasteiger partial charge in [-0.25, -0.2) is 0 Å². The minimum atomic E-state index is 0. The zero-order chi connectivity index (χ0) is 10.7. The normalized spacial score (nSPS) is 18.4. The highest BCUT2D eigenvalue weighted by Crippen LogP contribution is 2.20. The second-order valence-corrected chi connectivity index (χ2v) is 4.65. The lowest BCUT2D eigenvalue weighted by Gasteiger charge is -2.12. The van der Waals surface area contributed by atoms with Crippen molar-refractivity contribution in [2.24, 2.45) is 0 Å². The lowest BCUT2D eigenvalue weighted by molar-refractivity contribution is 0.547. The highest BCUT2D eigenvalue weighted by atomic mass is 35.5. The molecule has 0 spiro atoms. The predicted octanol–water partition coefficient (Wildman–Crippen LogP) is 3.29. The number of rotatable bonds is 3. The highest BCUT2D eigenvalue weighted by Gasteiger charge is 2.13. The molecule has 2 rings (SSSR count). The third-order valence-electron chi connectivity index (χ3n) is 2.66. The van der Waals surface area contributed by atoms with Crippen LogP contribution in [0.1, 0.15) is 12.0 Å². The summed E-state index contributed by atoms with van der Waals surface area (Å²) in [6, 6.07) is 6.20. The molecule has 1 heterocycles. The van der Waals surface area contributed by atoms with Gasteiger partial charge >= 0.3 is 0 Å². The molecule has 0 bridgehead atoms. The van der Waals surface area contributed by atoms with Gasteiger partial charge in [0, 0.05) is 29.2 Å². The molecule has 0 unspecified atom stereocenters. The fourth-order valence-electron chi connectivity index (χ4n) is 1.75. The van der Waals surface area contributed by atoms with Crippen molar-refractivity contribution in [3.63, 3.8) is 0 Å². The van der Waals surface area contributed by atoms with Crippen molar-refractivity contribution in [3.8, 4) is 0 Å². The maximum atomic E-state index is 6.07. The Hall–Kier alpha value is 0.300. The standard InChI is InChI=1S/C11H14Cl2N2.2ClH/c12-9-2-1-8(11(13)5-9)6-15-10-3-4-14-7-10;;/h1-2,5,10,14-15H,3-4,6-7H2;2*1H/t10-;;/m0../s1. The molecule has 1 fully saturated rings. The molecule has 2 N–H and O–H groups in total. The van der Waals surface area contributed by atoms with E-state index < -0.39 is 0 Å². The molecule has 1 aromatic rings. The Labute approximate surface area is 124 Å². The van der Waals surface area contributed by atoms with E-state index in [-0.39, 0.29) is 24.8 Å². The molecule has 2 nitrogen and oxygen atoms in total. The van der Waals surface area contributed by atoms with Crippen LogP contribution in [-0.2, 0) is 6.54 Å². The summed E-state index contributed by atoms with van der Waals surface area (Å²) in [5, 5.41) is 8.21. The van der Waals surface area contributed by atoms with Gasteiger partial charge in [0.15, 0.2) is 0 Å². The maximum absolute atomic E-state index is 6.07. The summed E-state index contributed by atoms with van der Waals surface area (Å²) < 4.78 is 0. The van der Waals surface area contributed by atoms with E-state index >= 15 is 0 Å². The zero-order valence-electron chi connectivity index (χ0n) is 9.21. The van der Waals surface area contributed by atoms with Crippen LogP contribution in [0.25, 0.3) is 0 Å². The van der Waals surface area contributed by atoms with E-state index in [9.17, 15) is 0 Å². The number of nitrogens with one attached hydrogen (secondary N) is 2. The quantitative estimate of drug-likeness (QED) is 0.894. The van der Waals surface area contributed by atoms with Crippen molar-refractivity contribution in [3.05, 3.63) is 33.8 Å². The molecule has 0 aliphatic carbocycles. The Balaban J connectivity index is 0.00000128. The lowest BCUT2D eigenvalue weighted by Crippen LogP contribution is -2.30. The van der Waals surface area contributed by atoms with Crippen LogP contribution in [-0.4, -0.2) is 19.1 Å². The van der Waals surface area contributed by atoms with Crippen molar-refractivity contribution in [1.29, 1.82) is 0 Å². The van der Waals surface area contributed by atoms with Gasteiger partial charge in [0.25, 0.3) is 0 Å². The van der Waals surface area contributed by atoms with Crippen LogP contribution in [0.4, 0.5) is 0 Å². The van der Waals surface area contributed by atoms with Gasteiger partial charge in [-0.15, -0.1) is 24.8 Å². The predicted molar refractivity (Wildman–Crippen MR) is 79.1 cm³/mol. The van der Waals surface area contributed by atoms with Crippen LogP contribution in [0.15, 0.2) is 18.2 Å². The van der Waals surface area contributed by atoms with Gasteiger partial charge in [0.1, 0.15) is 0 Å². The number of benzene rings is 1. The smallest absolute Gasteiger partial charge is 0.0465 e. The molecule has 0 saturated carbocycles. The number of halogens is 4. The lowest BCUT2D eigenvalue weighted by atomic mass is 10.2. The summed E-state index contributed by atoms with van der Waals surface area (Å²) in [4.78, 5) is 0. The Morgan fingerprint density at radius 1 is 1.29 bits per heavy atom. The van der Waals surface area contributed by atoms with Crippen molar-refractivity contribution in [2.75, 3.05) is 13.1 Å². The summed E-state index contributed by atoms with van der Waals surface area (Å²) >= 11 is 11.9. The fraction of sp³-hybridized carbons (Fsp3) is 0.455. The van der Waals surface area contributed by atoms with Crippen LogP contribution in [0, 0.1) is 0 Å². The van der Waals surface area contributed by atoms with Crippen LogP contribution in [0.2, 0.25) is 10.0 Å². The number of hydrogen-bond donors (Lipinski definition) is 2. The first-order valence-electron chi connectivity index (χ1n) is 5.14. The molecule has 98 valence electrons. The summed E-state index contributed by atoms with van der Waals surface area (Å²) in [5.41, 5.74) is 1.10. The van der Waals surface area contributed by atoms with Crippen molar-refractivity contribution >= 4 is 48.0 Å². The van der Waals surface area contributed by atoms with Crippen molar-refractivity contribution in [1.82, 2.24) is 10.6 Å². The first kappa shape index (κ1) is 17.3. The second-order valence-electron chi connectivity index (χ2n) is 3.81. The van der Waals surface area contributed by atoms with E-state index in [2.05, 4.69) is 10.6 Å². The minimum Gasteiger partial charge on any atom is -0.315 e. The Bertz CT molecular complexity index is 340. The molecule has 1 saturated heterocycles. The molecule has 1 aliphatic rings. The van der Waals surface area contributed by atoms with Crippen LogP contribution in [0.5, 0.6) is 0 Å². The van der Waals surface area contributed by atoms with E-state index in [0.29, 0.717) is 11.1 Å². The summed E-state index contributed by atoms with van der Waals surface area (Å²) in [5.74, 6) is 0. The van der Waals surface area contributed by atoms with Crippen LogP contribution < -0.4 is 10.6 Å². The highest BCUT2D eigenvalue weighted by molar-refractivity contribution is 6.35. The van der Waals surface area contributed by atoms with E-state index in [1.54, 1.807) is 6.07 Å². The summed E-state index contributed by atoms with van der Waals surface area (Å²) in [7, 11) is 0. The molecule has 6 heteroatoms. The molecule has 17 heavy (non-hydrogen) atoms. The number of hydrogen-bond acceptors (Lipinski definition) is 2.